The highest BCUT2D eigenvalue weighted by atomic mass is 19.4. The van der Waals surface area contributed by atoms with E-state index in [0.717, 1.165) is 6.20 Å². The van der Waals surface area contributed by atoms with Crippen molar-refractivity contribution in [3.63, 3.8) is 0 Å². The summed E-state index contributed by atoms with van der Waals surface area (Å²) in [6, 6.07) is 1.50. The average molecular weight is 295 g/mol. The lowest BCUT2D eigenvalue weighted by molar-refractivity contribution is -0.144. The summed E-state index contributed by atoms with van der Waals surface area (Å²) in [6.45, 7) is 1.65. The molecule has 0 aliphatic carbocycles. The smallest absolute Gasteiger partial charge is 0.369 e. The van der Waals surface area contributed by atoms with Crippen LogP contribution >= 0.6 is 0 Å². The van der Waals surface area contributed by atoms with Gasteiger partial charge in [-0.3, -0.25) is 0 Å². The zero-order chi connectivity index (χ0) is 15.2. The number of nitrogen functional groups attached to an aromatic ring is 1. The first kappa shape index (κ1) is 13.2. The molecule has 0 saturated heterocycles. The van der Waals surface area contributed by atoms with E-state index < -0.39 is 12.0 Å². The van der Waals surface area contributed by atoms with Crippen LogP contribution in [0.3, 0.4) is 0 Å². The van der Waals surface area contributed by atoms with Gasteiger partial charge in [-0.25, -0.2) is 29.5 Å². The molecule has 0 saturated carbocycles. The predicted molar refractivity (Wildman–Crippen MR) is 66.4 cm³/mol. The van der Waals surface area contributed by atoms with Gasteiger partial charge in [-0.05, 0) is 13.0 Å². The van der Waals surface area contributed by atoms with E-state index in [9.17, 15) is 13.2 Å². The van der Waals surface area contributed by atoms with Crippen LogP contribution in [0.15, 0.2) is 18.5 Å². The molecule has 0 aliphatic heterocycles. The van der Waals surface area contributed by atoms with Crippen LogP contribution in [0.4, 0.5) is 19.1 Å². The SMILES string of the molecule is Cc1nccc(-n2c(N)nc3cnc(C(F)(F)F)nc32)n1. The van der Waals surface area contributed by atoms with Crippen molar-refractivity contribution >= 4 is 17.1 Å². The van der Waals surface area contributed by atoms with Crippen LogP contribution < -0.4 is 5.73 Å². The third kappa shape index (κ3) is 2.24. The highest BCUT2D eigenvalue weighted by Crippen LogP contribution is 2.28. The molecule has 10 heteroatoms. The average Bonchev–Trinajstić information content (AvgIpc) is 2.72. The van der Waals surface area contributed by atoms with Crippen molar-refractivity contribution in [2.45, 2.75) is 13.1 Å². The second-order valence-corrected chi connectivity index (χ2v) is 4.17. The van der Waals surface area contributed by atoms with Crippen LogP contribution in [0.5, 0.6) is 0 Å². The van der Waals surface area contributed by atoms with Crippen molar-refractivity contribution in [3.05, 3.63) is 30.1 Å². The van der Waals surface area contributed by atoms with E-state index in [-0.39, 0.29) is 22.9 Å². The van der Waals surface area contributed by atoms with Gasteiger partial charge in [-0.15, -0.1) is 0 Å². The van der Waals surface area contributed by atoms with E-state index in [2.05, 4.69) is 24.9 Å². The Kier molecular flexibility index (Phi) is 2.75. The quantitative estimate of drug-likeness (QED) is 0.731. The molecule has 0 bridgehead atoms. The minimum atomic E-state index is -4.65. The number of rotatable bonds is 1. The minimum absolute atomic E-state index is 0.0308. The van der Waals surface area contributed by atoms with E-state index >= 15 is 0 Å². The van der Waals surface area contributed by atoms with Crippen LogP contribution in [-0.4, -0.2) is 29.5 Å². The number of aromatic nitrogens is 6. The molecule has 0 radical (unpaired) electrons. The highest BCUT2D eigenvalue weighted by molar-refractivity contribution is 5.75. The van der Waals surface area contributed by atoms with Gasteiger partial charge < -0.3 is 5.73 Å². The lowest BCUT2D eigenvalue weighted by Gasteiger charge is -2.07. The normalized spacial score (nSPS) is 12.0. The Morgan fingerprint density at radius 3 is 2.57 bits per heavy atom. The number of nitrogens with two attached hydrogens (primary N) is 1. The van der Waals surface area contributed by atoms with Crippen LogP contribution in [0.1, 0.15) is 11.6 Å². The van der Waals surface area contributed by atoms with Gasteiger partial charge in [0.1, 0.15) is 17.2 Å². The Bertz CT molecular complexity index is 824. The van der Waals surface area contributed by atoms with Crippen molar-refractivity contribution in [2.75, 3.05) is 5.73 Å². The summed E-state index contributed by atoms with van der Waals surface area (Å²) in [7, 11) is 0. The first-order valence-electron chi connectivity index (χ1n) is 5.74. The molecule has 21 heavy (non-hydrogen) atoms. The van der Waals surface area contributed by atoms with E-state index in [1.165, 1.54) is 16.8 Å². The maximum atomic E-state index is 12.7. The van der Waals surface area contributed by atoms with Gasteiger partial charge in [0.15, 0.2) is 5.65 Å². The van der Waals surface area contributed by atoms with Crippen LogP contribution in [0, 0.1) is 6.92 Å². The molecule has 0 atom stereocenters. The summed E-state index contributed by atoms with van der Waals surface area (Å²) >= 11 is 0. The number of nitrogens with zero attached hydrogens (tertiary/aromatic N) is 6. The maximum Gasteiger partial charge on any atom is 0.451 e. The van der Waals surface area contributed by atoms with Crippen molar-refractivity contribution < 1.29 is 13.2 Å². The third-order valence-electron chi connectivity index (χ3n) is 2.67. The summed E-state index contributed by atoms with van der Waals surface area (Å²) in [5, 5.41) is 0. The Morgan fingerprint density at radius 2 is 1.90 bits per heavy atom. The minimum Gasteiger partial charge on any atom is -0.369 e. The Morgan fingerprint density at radius 1 is 1.14 bits per heavy atom. The first-order valence-corrected chi connectivity index (χ1v) is 5.74. The molecule has 3 aromatic heterocycles. The van der Waals surface area contributed by atoms with Gasteiger partial charge in [0.05, 0.1) is 6.20 Å². The number of imidazole rings is 1. The number of aryl methyl sites for hydroxylation is 1. The van der Waals surface area contributed by atoms with E-state index in [1.807, 2.05) is 0 Å². The molecular formula is C11H8F3N7. The zero-order valence-electron chi connectivity index (χ0n) is 10.6. The molecule has 7 nitrogen and oxygen atoms in total. The molecule has 0 aliphatic rings. The summed E-state index contributed by atoms with van der Waals surface area (Å²) < 4.78 is 39.4. The fraction of sp³-hybridized carbons (Fsp3) is 0.182. The van der Waals surface area contributed by atoms with Gasteiger partial charge in [0.2, 0.25) is 11.8 Å². The second-order valence-electron chi connectivity index (χ2n) is 4.17. The fourth-order valence-electron chi connectivity index (χ4n) is 1.82. The molecule has 108 valence electrons. The Labute approximate surface area is 115 Å². The standard InChI is InChI=1S/C11H8F3N7/c1-5-16-3-2-7(18-5)21-8-6(19-10(21)15)4-17-9(20-8)11(12,13)14/h2-4H,1H3,(H2,15,19). The lowest BCUT2D eigenvalue weighted by atomic mass is 10.4. The van der Waals surface area contributed by atoms with E-state index in [4.69, 9.17) is 5.73 Å². The summed E-state index contributed by atoms with van der Waals surface area (Å²) in [4.78, 5) is 18.7. The highest BCUT2D eigenvalue weighted by Gasteiger charge is 2.35. The van der Waals surface area contributed by atoms with Crippen molar-refractivity contribution in [3.8, 4) is 5.82 Å². The van der Waals surface area contributed by atoms with Gasteiger partial charge in [-0.2, -0.15) is 13.2 Å². The third-order valence-corrected chi connectivity index (χ3v) is 2.67. The zero-order valence-corrected chi connectivity index (χ0v) is 10.6. The summed E-state index contributed by atoms with van der Waals surface area (Å²) in [5.41, 5.74) is 5.82. The van der Waals surface area contributed by atoms with Gasteiger partial charge in [-0.1, -0.05) is 0 Å². The molecule has 0 amide bonds. The van der Waals surface area contributed by atoms with Crippen molar-refractivity contribution in [1.29, 1.82) is 0 Å². The molecule has 3 heterocycles. The lowest BCUT2D eigenvalue weighted by Crippen LogP contribution is -2.12. The summed E-state index contributed by atoms with van der Waals surface area (Å²) in [5.74, 6) is -0.563. The number of hydrogen-bond donors (Lipinski definition) is 1. The Hall–Kier alpha value is -2.78. The monoisotopic (exact) mass is 295 g/mol. The second kappa shape index (κ2) is 4.36. The van der Waals surface area contributed by atoms with E-state index in [0.29, 0.717) is 5.82 Å². The molecule has 0 fully saturated rings. The molecule has 3 rings (SSSR count). The number of hydrogen-bond acceptors (Lipinski definition) is 6. The van der Waals surface area contributed by atoms with E-state index in [1.54, 1.807) is 6.92 Å². The van der Waals surface area contributed by atoms with Crippen molar-refractivity contribution in [1.82, 2.24) is 29.5 Å². The molecule has 3 aromatic rings. The molecule has 0 spiro atoms. The number of fused-ring (bicyclic) bond motifs is 1. The van der Waals surface area contributed by atoms with Gasteiger partial charge >= 0.3 is 6.18 Å². The van der Waals surface area contributed by atoms with Gasteiger partial charge in [0.25, 0.3) is 0 Å². The molecule has 2 N–H and O–H groups in total. The largest absolute Gasteiger partial charge is 0.451 e. The molecule has 0 unspecified atom stereocenters. The van der Waals surface area contributed by atoms with Gasteiger partial charge in [0, 0.05) is 6.20 Å². The first-order chi connectivity index (χ1) is 9.86. The Balaban J connectivity index is 2.29. The maximum absolute atomic E-state index is 12.7. The number of alkyl halides is 3. The molecule has 0 aromatic carbocycles. The number of halogens is 3. The molecular weight excluding hydrogens is 287 g/mol. The number of anilines is 1. The van der Waals surface area contributed by atoms with Crippen molar-refractivity contribution in [2.24, 2.45) is 0 Å². The predicted octanol–water partition coefficient (Wildman–Crippen LogP) is 1.51. The van der Waals surface area contributed by atoms with Crippen LogP contribution in [0.25, 0.3) is 17.0 Å². The van der Waals surface area contributed by atoms with Crippen LogP contribution in [0.2, 0.25) is 0 Å². The topological polar surface area (TPSA) is 95.4 Å². The van der Waals surface area contributed by atoms with Crippen LogP contribution in [-0.2, 0) is 6.18 Å². The fourth-order valence-corrected chi connectivity index (χ4v) is 1.82. The summed E-state index contributed by atoms with van der Waals surface area (Å²) in [6.07, 6.45) is -2.21.